The molecular weight excluding hydrogens is 220 g/mol. The number of hydrogen-bond acceptors (Lipinski definition) is 2. The lowest BCUT2D eigenvalue weighted by Gasteiger charge is -2.54. The Bertz CT molecular complexity index is 426. The number of pyridine rings is 1. The number of rotatable bonds is 2. The van der Waals surface area contributed by atoms with Gasteiger partial charge in [-0.1, -0.05) is 6.07 Å². The first kappa shape index (κ1) is 11.0. The molecule has 0 spiro atoms. The molecule has 0 radical (unpaired) electrons. The summed E-state index contributed by atoms with van der Waals surface area (Å²) in [4.78, 5) is 4.50. The van der Waals surface area contributed by atoms with Crippen molar-refractivity contribution in [3.05, 3.63) is 29.6 Å². The van der Waals surface area contributed by atoms with Gasteiger partial charge in [0.05, 0.1) is 5.69 Å². The van der Waals surface area contributed by atoms with Crippen LogP contribution < -0.4 is 5.73 Å². The molecule has 4 bridgehead atoms. The molecule has 4 aliphatic carbocycles. The molecule has 1 aromatic heterocycles. The zero-order chi connectivity index (χ0) is 12.1. The maximum Gasteiger partial charge on any atom is 0.0574 e. The lowest BCUT2D eigenvalue weighted by atomic mass is 9.50. The Morgan fingerprint density at radius 1 is 1.06 bits per heavy atom. The Hall–Kier alpha value is -0.890. The third-order valence-corrected chi connectivity index (χ3v) is 5.70. The first-order valence-corrected chi connectivity index (χ1v) is 7.49. The fourth-order valence-corrected chi connectivity index (χ4v) is 5.36. The van der Waals surface area contributed by atoms with E-state index in [0.717, 1.165) is 35.3 Å². The van der Waals surface area contributed by atoms with Gasteiger partial charge in [-0.25, -0.2) is 0 Å². The minimum atomic E-state index is 0.596. The number of nitrogens with two attached hydrogens (primary N) is 1. The monoisotopic (exact) mass is 242 g/mol. The third kappa shape index (κ3) is 1.55. The van der Waals surface area contributed by atoms with Crippen molar-refractivity contribution in [3.8, 4) is 0 Å². The molecule has 0 aromatic carbocycles. The third-order valence-electron chi connectivity index (χ3n) is 5.70. The van der Waals surface area contributed by atoms with Crippen molar-refractivity contribution in [3.63, 3.8) is 0 Å². The molecule has 2 N–H and O–H groups in total. The van der Waals surface area contributed by atoms with Gasteiger partial charge >= 0.3 is 0 Å². The molecule has 2 nitrogen and oxygen atoms in total. The van der Waals surface area contributed by atoms with Gasteiger partial charge in [0.2, 0.25) is 0 Å². The molecule has 1 aromatic rings. The predicted molar refractivity (Wildman–Crippen MR) is 71.9 cm³/mol. The Morgan fingerprint density at radius 2 is 1.72 bits per heavy atom. The largest absolute Gasteiger partial charge is 0.325 e. The van der Waals surface area contributed by atoms with Crippen LogP contribution in [0.1, 0.15) is 49.3 Å². The van der Waals surface area contributed by atoms with Crippen LogP contribution in [0.5, 0.6) is 0 Å². The second-order valence-corrected chi connectivity index (χ2v) is 6.70. The van der Waals surface area contributed by atoms with E-state index >= 15 is 0 Å². The molecule has 0 atom stereocenters. The second-order valence-electron chi connectivity index (χ2n) is 6.70. The summed E-state index contributed by atoms with van der Waals surface area (Å²) < 4.78 is 0. The first-order valence-electron chi connectivity index (χ1n) is 7.49. The molecule has 0 amide bonds. The highest BCUT2D eigenvalue weighted by molar-refractivity contribution is 5.28. The van der Waals surface area contributed by atoms with Crippen LogP contribution in [0.4, 0.5) is 0 Å². The molecule has 96 valence electrons. The Kier molecular flexibility index (Phi) is 2.47. The normalized spacial score (nSPS) is 41.3. The molecular formula is C16H22N2. The van der Waals surface area contributed by atoms with Crippen molar-refractivity contribution in [1.29, 1.82) is 0 Å². The van der Waals surface area contributed by atoms with E-state index in [1.54, 1.807) is 0 Å². The summed E-state index contributed by atoms with van der Waals surface area (Å²) in [6, 6.07) is 4.39. The fourth-order valence-electron chi connectivity index (χ4n) is 5.36. The number of nitrogens with zero attached hydrogens (tertiary/aromatic N) is 1. The van der Waals surface area contributed by atoms with Gasteiger partial charge in [0.15, 0.2) is 0 Å². The van der Waals surface area contributed by atoms with Crippen molar-refractivity contribution < 1.29 is 0 Å². The van der Waals surface area contributed by atoms with E-state index in [-0.39, 0.29) is 0 Å². The van der Waals surface area contributed by atoms with Crippen LogP contribution in [0.2, 0.25) is 0 Å². The zero-order valence-electron chi connectivity index (χ0n) is 10.9. The quantitative estimate of drug-likeness (QED) is 0.865. The maximum atomic E-state index is 5.88. The van der Waals surface area contributed by atoms with Crippen molar-refractivity contribution in [2.75, 3.05) is 0 Å². The van der Waals surface area contributed by atoms with Gasteiger partial charge < -0.3 is 5.73 Å². The minimum absolute atomic E-state index is 0.596. The molecule has 4 fully saturated rings. The molecule has 0 unspecified atom stereocenters. The Balaban J connectivity index is 1.72. The van der Waals surface area contributed by atoms with Gasteiger partial charge in [-0.3, -0.25) is 4.98 Å². The molecule has 2 heteroatoms. The van der Waals surface area contributed by atoms with Crippen LogP contribution in [0.15, 0.2) is 18.3 Å². The molecule has 18 heavy (non-hydrogen) atoms. The molecule has 4 saturated carbocycles. The maximum absolute atomic E-state index is 5.88. The minimum Gasteiger partial charge on any atom is -0.325 e. The summed E-state index contributed by atoms with van der Waals surface area (Å²) in [6.45, 7) is 0.596. The molecule has 0 aliphatic heterocycles. The topological polar surface area (TPSA) is 38.9 Å². The van der Waals surface area contributed by atoms with Crippen molar-refractivity contribution in [2.24, 2.45) is 29.4 Å². The highest BCUT2D eigenvalue weighted by atomic mass is 14.7. The smallest absolute Gasteiger partial charge is 0.0574 e. The standard InChI is InChI=1S/C16H22N2/c17-9-15-14(2-1-3-18-15)16-12-5-10-4-11(7-12)8-13(16)6-10/h1-3,10-13,16H,4-9,17H2. The van der Waals surface area contributed by atoms with Crippen LogP contribution in [-0.2, 0) is 6.54 Å². The fraction of sp³-hybridized carbons (Fsp3) is 0.688. The lowest BCUT2D eigenvalue weighted by Crippen LogP contribution is -2.44. The lowest BCUT2D eigenvalue weighted by molar-refractivity contribution is -0.00318. The molecule has 0 saturated heterocycles. The highest BCUT2D eigenvalue weighted by Crippen LogP contribution is 2.59. The summed E-state index contributed by atoms with van der Waals surface area (Å²) in [5.41, 5.74) is 8.51. The molecule has 5 rings (SSSR count). The van der Waals surface area contributed by atoms with Crippen LogP contribution in [-0.4, -0.2) is 4.98 Å². The number of hydrogen-bond donors (Lipinski definition) is 1. The summed E-state index contributed by atoms with van der Waals surface area (Å²) >= 11 is 0. The van der Waals surface area contributed by atoms with Gasteiger partial charge in [-0.2, -0.15) is 0 Å². The van der Waals surface area contributed by atoms with Gasteiger partial charge in [0, 0.05) is 12.7 Å². The second kappa shape index (κ2) is 4.06. The summed E-state index contributed by atoms with van der Waals surface area (Å²) in [5, 5.41) is 0. The van der Waals surface area contributed by atoms with Crippen LogP contribution in [0.3, 0.4) is 0 Å². The van der Waals surface area contributed by atoms with E-state index in [9.17, 15) is 0 Å². The summed E-state index contributed by atoms with van der Waals surface area (Å²) in [5.74, 6) is 4.71. The van der Waals surface area contributed by atoms with Gasteiger partial charge in [0.1, 0.15) is 0 Å². The Morgan fingerprint density at radius 3 is 2.33 bits per heavy atom. The summed E-state index contributed by atoms with van der Waals surface area (Å²) in [6.07, 6.45) is 9.29. The van der Waals surface area contributed by atoms with E-state index in [2.05, 4.69) is 17.1 Å². The summed E-state index contributed by atoms with van der Waals surface area (Å²) in [7, 11) is 0. The van der Waals surface area contributed by atoms with Gasteiger partial charge in [-0.05, 0) is 73.3 Å². The zero-order valence-corrected chi connectivity index (χ0v) is 10.9. The first-order chi connectivity index (χ1) is 8.85. The van der Waals surface area contributed by atoms with Crippen LogP contribution >= 0.6 is 0 Å². The van der Waals surface area contributed by atoms with Crippen LogP contribution in [0, 0.1) is 23.7 Å². The van der Waals surface area contributed by atoms with Crippen molar-refractivity contribution >= 4 is 0 Å². The SMILES string of the molecule is NCc1ncccc1C1C2CC3CC(C2)CC1C3. The van der Waals surface area contributed by atoms with Crippen LogP contribution in [0.25, 0.3) is 0 Å². The van der Waals surface area contributed by atoms with E-state index < -0.39 is 0 Å². The molecule has 1 heterocycles. The van der Waals surface area contributed by atoms with E-state index in [0.29, 0.717) is 6.54 Å². The van der Waals surface area contributed by atoms with E-state index in [1.165, 1.54) is 37.7 Å². The number of aromatic nitrogens is 1. The molecule has 4 aliphatic rings. The van der Waals surface area contributed by atoms with Crippen molar-refractivity contribution in [1.82, 2.24) is 4.98 Å². The van der Waals surface area contributed by atoms with E-state index in [4.69, 9.17) is 5.73 Å². The Labute approximate surface area is 109 Å². The van der Waals surface area contributed by atoms with Crippen molar-refractivity contribution in [2.45, 2.75) is 44.6 Å². The van der Waals surface area contributed by atoms with E-state index in [1.807, 2.05) is 6.20 Å². The average molecular weight is 242 g/mol. The van der Waals surface area contributed by atoms with Gasteiger partial charge in [-0.15, -0.1) is 0 Å². The predicted octanol–water partition coefficient (Wildman–Crippen LogP) is 3.08. The highest BCUT2D eigenvalue weighted by Gasteiger charge is 2.48. The average Bonchev–Trinajstić information content (AvgIpc) is 2.38. The van der Waals surface area contributed by atoms with Gasteiger partial charge in [0.25, 0.3) is 0 Å².